The molecule has 1 aromatic heterocycles. The summed E-state index contributed by atoms with van der Waals surface area (Å²) in [4.78, 5) is 23.0. The summed E-state index contributed by atoms with van der Waals surface area (Å²) in [5, 5.41) is 2.09. The number of amides is 1. The summed E-state index contributed by atoms with van der Waals surface area (Å²) in [5.41, 5.74) is 0.100. The van der Waals surface area contributed by atoms with Crippen LogP contribution >= 0.6 is 11.3 Å². The molecule has 0 unspecified atom stereocenters. The average Bonchev–Trinajstić information content (AvgIpc) is 2.59. The average molecular weight is 263 g/mol. The van der Waals surface area contributed by atoms with Gasteiger partial charge in [0.25, 0.3) is 5.91 Å². The second-order valence-corrected chi connectivity index (χ2v) is 4.37. The Labute approximate surface area is 101 Å². The van der Waals surface area contributed by atoms with E-state index in [2.05, 4.69) is 0 Å². The standard InChI is InChI=1S/C10H11F2NO3S/c1-3-16-10(15)6-4-5(2)17-9(6)13-8(14)7(11)12/h4,7H,3H2,1-2H3,(H,13,14). The number of ether oxygens (including phenoxy) is 1. The predicted octanol–water partition coefficient (Wildman–Crippen LogP) is 2.44. The number of hydrogen-bond acceptors (Lipinski definition) is 4. The number of thiophene rings is 1. The molecule has 0 aromatic carbocycles. The smallest absolute Gasteiger partial charge is 0.341 e. The third kappa shape index (κ3) is 3.48. The first kappa shape index (κ1) is 13.6. The van der Waals surface area contributed by atoms with Crippen molar-refractivity contribution in [3.8, 4) is 0 Å². The Kier molecular flexibility index (Phi) is 4.56. The Bertz CT molecular complexity index is 431. The molecule has 0 saturated heterocycles. The molecule has 0 aliphatic carbocycles. The van der Waals surface area contributed by atoms with E-state index in [1.807, 2.05) is 5.32 Å². The molecule has 0 atom stereocenters. The van der Waals surface area contributed by atoms with Crippen LogP contribution < -0.4 is 5.32 Å². The van der Waals surface area contributed by atoms with Crippen LogP contribution in [0.2, 0.25) is 0 Å². The maximum Gasteiger partial charge on any atom is 0.341 e. The first-order chi connectivity index (χ1) is 7.95. The summed E-state index contributed by atoms with van der Waals surface area (Å²) in [6, 6.07) is 1.49. The summed E-state index contributed by atoms with van der Waals surface area (Å²) in [6.45, 7) is 3.51. The second-order valence-electron chi connectivity index (χ2n) is 3.11. The Hall–Kier alpha value is -1.50. The van der Waals surface area contributed by atoms with Crippen LogP contribution in [-0.4, -0.2) is 24.9 Å². The maximum absolute atomic E-state index is 12.1. The highest BCUT2D eigenvalue weighted by Gasteiger charge is 2.21. The molecule has 0 spiro atoms. The molecule has 0 fully saturated rings. The quantitative estimate of drug-likeness (QED) is 0.849. The number of aryl methyl sites for hydroxylation is 1. The van der Waals surface area contributed by atoms with E-state index in [1.54, 1.807) is 13.8 Å². The van der Waals surface area contributed by atoms with Crippen molar-refractivity contribution in [2.75, 3.05) is 11.9 Å². The lowest BCUT2D eigenvalue weighted by atomic mass is 10.3. The second kappa shape index (κ2) is 5.72. The molecule has 1 heterocycles. The van der Waals surface area contributed by atoms with Crippen LogP contribution in [0, 0.1) is 6.92 Å². The number of carbonyl (C=O) groups excluding carboxylic acids is 2. The molecule has 1 amide bonds. The zero-order chi connectivity index (χ0) is 13.0. The zero-order valence-electron chi connectivity index (χ0n) is 9.25. The fraction of sp³-hybridized carbons (Fsp3) is 0.400. The molecule has 7 heteroatoms. The van der Waals surface area contributed by atoms with Gasteiger partial charge in [-0.1, -0.05) is 0 Å². The van der Waals surface area contributed by atoms with Crippen molar-refractivity contribution >= 4 is 28.2 Å². The molecule has 0 aliphatic heterocycles. The fourth-order valence-electron chi connectivity index (χ4n) is 1.13. The molecule has 4 nitrogen and oxygen atoms in total. The van der Waals surface area contributed by atoms with Gasteiger partial charge in [0.05, 0.1) is 12.2 Å². The van der Waals surface area contributed by atoms with Gasteiger partial charge in [0, 0.05) is 4.88 Å². The van der Waals surface area contributed by atoms with Crippen molar-refractivity contribution in [3.05, 3.63) is 16.5 Å². The van der Waals surface area contributed by atoms with Gasteiger partial charge in [0.2, 0.25) is 0 Å². The van der Waals surface area contributed by atoms with Crippen molar-refractivity contribution in [2.45, 2.75) is 20.3 Å². The van der Waals surface area contributed by atoms with Crippen molar-refractivity contribution in [1.29, 1.82) is 0 Å². The van der Waals surface area contributed by atoms with Crippen LogP contribution in [0.25, 0.3) is 0 Å². The largest absolute Gasteiger partial charge is 0.462 e. The molecular weight excluding hydrogens is 252 g/mol. The van der Waals surface area contributed by atoms with E-state index in [0.717, 1.165) is 16.2 Å². The molecule has 0 aliphatic rings. The lowest BCUT2D eigenvalue weighted by Crippen LogP contribution is -2.20. The molecule has 1 rings (SSSR count). The van der Waals surface area contributed by atoms with Crippen molar-refractivity contribution in [1.82, 2.24) is 0 Å². The van der Waals surface area contributed by atoms with Crippen LogP contribution in [0.4, 0.5) is 13.8 Å². The summed E-state index contributed by atoms with van der Waals surface area (Å²) < 4.78 is 28.9. The molecule has 0 radical (unpaired) electrons. The highest BCUT2D eigenvalue weighted by molar-refractivity contribution is 7.16. The van der Waals surface area contributed by atoms with Gasteiger partial charge in [-0.15, -0.1) is 11.3 Å². The minimum absolute atomic E-state index is 0.0891. The molecule has 1 aromatic rings. The van der Waals surface area contributed by atoms with Crippen LogP contribution in [0.15, 0.2) is 6.07 Å². The van der Waals surface area contributed by atoms with E-state index in [4.69, 9.17) is 4.74 Å². The molecular formula is C10H11F2NO3S. The van der Waals surface area contributed by atoms with E-state index < -0.39 is 18.3 Å². The van der Waals surface area contributed by atoms with Crippen molar-refractivity contribution in [3.63, 3.8) is 0 Å². The van der Waals surface area contributed by atoms with Crippen LogP contribution in [-0.2, 0) is 9.53 Å². The molecule has 0 saturated carbocycles. The topological polar surface area (TPSA) is 55.4 Å². The number of esters is 1. The maximum atomic E-state index is 12.1. The zero-order valence-corrected chi connectivity index (χ0v) is 10.1. The minimum Gasteiger partial charge on any atom is -0.462 e. The monoisotopic (exact) mass is 263 g/mol. The first-order valence-electron chi connectivity index (χ1n) is 4.82. The van der Waals surface area contributed by atoms with E-state index in [0.29, 0.717) is 0 Å². The van der Waals surface area contributed by atoms with Gasteiger partial charge >= 0.3 is 12.4 Å². The Morgan fingerprint density at radius 3 is 2.71 bits per heavy atom. The van der Waals surface area contributed by atoms with Crippen molar-refractivity contribution in [2.24, 2.45) is 0 Å². The lowest BCUT2D eigenvalue weighted by molar-refractivity contribution is -0.126. The van der Waals surface area contributed by atoms with Gasteiger partial charge in [0.15, 0.2) is 0 Å². The summed E-state index contributed by atoms with van der Waals surface area (Å²) in [6.07, 6.45) is -3.12. The van der Waals surface area contributed by atoms with Crippen LogP contribution in [0.1, 0.15) is 22.2 Å². The van der Waals surface area contributed by atoms with Crippen molar-refractivity contribution < 1.29 is 23.1 Å². The van der Waals surface area contributed by atoms with Gasteiger partial charge in [-0.2, -0.15) is 8.78 Å². The van der Waals surface area contributed by atoms with Crippen LogP contribution in [0.5, 0.6) is 0 Å². The van der Waals surface area contributed by atoms with E-state index >= 15 is 0 Å². The lowest BCUT2D eigenvalue weighted by Gasteiger charge is -2.04. The van der Waals surface area contributed by atoms with E-state index in [-0.39, 0.29) is 17.2 Å². The number of rotatable bonds is 4. The normalized spacial score (nSPS) is 10.4. The van der Waals surface area contributed by atoms with Crippen LogP contribution in [0.3, 0.4) is 0 Å². The third-order valence-electron chi connectivity index (χ3n) is 1.79. The number of halogens is 2. The van der Waals surface area contributed by atoms with E-state index in [9.17, 15) is 18.4 Å². The summed E-state index contributed by atoms with van der Waals surface area (Å²) in [5.74, 6) is -2.07. The van der Waals surface area contributed by atoms with Gasteiger partial charge in [-0.25, -0.2) is 4.79 Å². The summed E-state index contributed by atoms with van der Waals surface area (Å²) >= 11 is 1.05. The third-order valence-corrected chi connectivity index (χ3v) is 2.75. The highest BCUT2D eigenvalue weighted by atomic mass is 32.1. The SMILES string of the molecule is CCOC(=O)c1cc(C)sc1NC(=O)C(F)F. The van der Waals surface area contributed by atoms with Gasteiger partial charge in [-0.05, 0) is 19.9 Å². The molecule has 1 N–H and O–H groups in total. The Morgan fingerprint density at radius 2 is 2.18 bits per heavy atom. The van der Waals surface area contributed by atoms with E-state index in [1.165, 1.54) is 6.07 Å². The molecule has 0 bridgehead atoms. The number of anilines is 1. The fourth-order valence-corrected chi connectivity index (χ4v) is 2.04. The minimum atomic E-state index is -3.12. The summed E-state index contributed by atoms with van der Waals surface area (Å²) in [7, 11) is 0. The first-order valence-corrected chi connectivity index (χ1v) is 5.64. The number of alkyl halides is 2. The Morgan fingerprint density at radius 1 is 1.53 bits per heavy atom. The molecule has 94 valence electrons. The Balaban J connectivity index is 2.92. The molecule has 17 heavy (non-hydrogen) atoms. The number of nitrogens with one attached hydrogen (secondary N) is 1. The number of hydrogen-bond donors (Lipinski definition) is 1. The van der Waals surface area contributed by atoms with Gasteiger partial charge < -0.3 is 10.1 Å². The highest BCUT2D eigenvalue weighted by Crippen LogP contribution is 2.28. The predicted molar refractivity (Wildman–Crippen MR) is 59.6 cm³/mol. The number of carbonyl (C=O) groups is 2. The van der Waals surface area contributed by atoms with Gasteiger partial charge in [-0.3, -0.25) is 4.79 Å². The van der Waals surface area contributed by atoms with Gasteiger partial charge in [0.1, 0.15) is 5.00 Å².